The van der Waals surface area contributed by atoms with Crippen LogP contribution in [0.5, 0.6) is 0 Å². The second-order valence-corrected chi connectivity index (χ2v) is 28.3. The predicted octanol–water partition coefficient (Wildman–Crippen LogP) is 20.6. The van der Waals surface area contributed by atoms with Gasteiger partial charge in [0.05, 0.1) is 17.1 Å². The first-order chi connectivity index (χ1) is 40.4. The van der Waals surface area contributed by atoms with Gasteiger partial charge in [0.2, 0.25) is 0 Å². The molecule has 0 amide bonds. The molecule has 6 heteroatoms. The molecular formula is C78H70BN3OS. The Labute approximate surface area is 499 Å². The number of fused-ring (bicyclic) bond motifs is 10. The third kappa shape index (κ3) is 8.30. The number of anilines is 9. The van der Waals surface area contributed by atoms with Crippen LogP contribution in [0.2, 0.25) is 0 Å². The standard InChI is InChI=1S/C78H70BN3OS/c1-75(2,3)52-32-35-54(36-33-52)81-67-44-51(49-22-13-11-14-23-49)45-68-71(67)79(74-72(81)60-46-53(76(4,5)6)34-41-70(60)84-74)63-40-38-56(48-66(63)82(68)65-30-21-28-59-58-27-18-20-31-69(58)83-73(59)65)80(64-29-19-17-26-57(64)50-24-15-12-16-25-50)55-37-39-61-62(47-55)78(9,10)43-42-77(61,7)8/h11-41,44-48H,42-43H2,1-10H3. The molecule has 0 atom stereocenters. The molecule has 412 valence electrons. The van der Waals surface area contributed by atoms with E-state index in [9.17, 15) is 0 Å². The maximum Gasteiger partial charge on any atom is 0.264 e. The van der Waals surface area contributed by atoms with Crippen LogP contribution >= 0.6 is 11.3 Å². The number of thiophene rings is 1. The molecule has 2 aromatic heterocycles. The first-order valence-electron chi connectivity index (χ1n) is 30.1. The summed E-state index contributed by atoms with van der Waals surface area (Å²) in [6.45, 7) is 23.6. The van der Waals surface area contributed by atoms with E-state index in [-0.39, 0.29) is 28.4 Å². The van der Waals surface area contributed by atoms with Crippen molar-refractivity contribution in [1.82, 2.24) is 0 Å². The van der Waals surface area contributed by atoms with Gasteiger partial charge in [0.15, 0.2) is 5.58 Å². The Balaban J connectivity index is 1.07. The van der Waals surface area contributed by atoms with Crippen LogP contribution in [0.15, 0.2) is 223 Å². The smallest absolute Gasteiger partial charge is 0.264 e. The molecule has 12 aromatic rings. The first-order valence-corrected chi connectivity index (χ1v) is 30.9. The molecule has 0 spiro atoms. The van der Waals surface area contributed by atoms with Gasteiger partial charge >= 0.3 is 0 Å². The van der Waals surface area contributed by atoms with Crippen molar-refractivity contribution < 1.29 is 4.42 Å². The van der Waals surface area contributed by atoms with Gasteiger partial charge in [-0.25, -0.2) is 0 Å². The molecule has 0 saturated heterocycles. The van der Waals surface area contributed by atoms with Crippen molar-refractivity contribution in [3.05, 3.63) is 241 Å². The Hall–Kier alpha value is -8.58. The quantitative estimate of drug-likeness (QED) is 0.148. The highest BCUT2D eigenvalue weighted by Gasteiger charge is 2.47. The van der Waals surface area contributed by atoms with Crippen LogP contribution in [0.25, 0.3) is 54.3 Å². The number of nitrogens with zero attached hydrogens (tertiary/aromatic N) is 3. The minimum atomic E-state index is -0.109. The third-order valence-electron chi connectivity index (χ3n) is 18.8. The summed E-state index contributed by atoms with van der Waals surface area (Å²) in [5, 5.41) is 3.49. The lowest BCUT2D eigenvalue weighted by Gasteiger charge is -2.44. The van der Waals surface area contributed by atoms with Gasteiger partial charge in [-0.05, 0) is 163 Å². The van der Waals surface area contributed by atoms with E-state index in [2.05, 4.69) is 302 Å². The van der Waals surface area contributed by atoms with Crippen molar-refractivity contribution >= 4 is 117 Å². The highest BCUT2D eigenvalue weighted by atomic mass is 32.1. The van der Waals surface area contributed by atoms with E-state index in [1.165, 1.54) is 70.5 Å². The summed E-state index contributed by atoms with van der Waals surface area (Å²) >= 11 is 1.96. The summed E-state index contributed by atoms with van der Waals surface area (Å²) in [6, 6.07) is 82.5. The van der Waals surface area contributed by atoms with Gasteiger partial charge < -0.3 is 19.1 Å². The molecule has 4 nitrogen and oxygen atoms in total. The van der Waals surface area contributed by atoms with Crippen LogP contribution < -0.4 is 30.4 Å². The number of rotatable bonds is 7. The Morgan fingerprint density at radius 2 is 1.10 bits per heavy atom. The van der Waals surface area contributed by atoms with E-state index in [0.29, 0.717) is 0 Å². The van der Waals surface area contributed by atoms with Gasteiger partial charge in [0.25, 0.3) is 6.71 Å². The fraction of sp³-hybridized carbons (Fsp3) is 0.205. The van der Waals surface area contributed by atoms with E-state index in [0.717, 1.165) is 85.7 Å². The van der Waals surface area contributed by atoms with Crippen LogP contribution in [0, 0.1) is 0 Å². The summed E-state index contributed by atoms with van der Waals surface area (Å²) in [4.78, 5) is 7.74. The van der Waals surface area contributed by atoms with Gasteiger partial charge in [0.1, 0.15) is 5.58 Å². The number of furan rings is 1. The lowest BCUT2D eigenvalue weighted by atomic mass is 9.36. The maximum atomic E-state index is 7.15. The SMILES string of the molecule is CC(C)(C)c1ccc(N2c3cc(-c4ccccc4)cc4c3B(c3ccc(N(c5ccc6c(c5)C(C)(C)CCC6(C)C)c5ccccc5-c5ccccc5)cc3N4c3cccc4c3oc3ccccc34)c3sc4ccc(C(C)(C)C)cc4c32)cc1. The lowest BCUT2D eigenvalue weighted by Crippen LogP contribution is -2.60. The molecule has 3 aliphatic rings. The summed E-state index contributed by atoms with van der Waals surface area (Å²) in [5.41, 5.74) is 24.7. The van der Waals surface area contributed by atoms with Gasteiger partial charge in [-0.1, -0.05) is 209 Å². The monoisotopic (exact) mass is 1110 g/mol. The van der Waals surface area contributed by atoms with Crippen molar-refractivity contribution in [3.63, 3.8) is 0 Å². The molecule has 15 rings (SSSR count). The summed E-state index contributed by atoms with van der Waals surface area (Å²) in [6.07, 6.45) is 2.28. The molecule has 0 N–H and O–H groups in total. The zero-order chi connectivity index (χ0) is 57.6. The van der Waals surface area contributed by atoms with E-state index >= 15 is 0 Å². The van der Waals surface area contributed by atoms with Crippen molar-refractivity contribution in [2.45, 2.75) is 104 Å². The predicted molar refractivity (Wildman–Crippen MR) is 361 cm³/mol. The molecule has 10 aromatic carbocycles. The number of hydrogen-bond acceptors (Lipinski definition) is 5. The molecule has 0 saturated carbocycles. The molecule has 0 radical (unpaired) electrons. The molecule has 0 bridgehead atoms. The highest BCUT2D eigenvalue weighted by Crippen LogP contribution is 2.54. The van der Waals surface area contributed by atoms with E-state index in [1.807, 2.05) is 11.3 Å². The average molecular weight is 1110 g/mol. The summed E-state index contributed by atoms with van der Waals surface area (Å²) in [5.74, 6) is 0. The first kappa shape index (κ1) is 52.2. The van der Waals surface area contributed by atoms with Crippen LogP contribution in [-0.4, -0.2) is 6.71 Å². The van der Waals surface area contributed by atoms with Crippen LogP contribution in [0.4, 0.5) is 51.2 Å². The number of para-hydroxylation sites is 3. The van der Waals surface area contributed by atoms with Gasteiger partial charge in [0, 0.05) is 65.3 Å². The Morgan fingerprint density at radius 1 is 0.476 bits per heavy atom. The molecule has 2 aliphatic heterocycles. The van der Waals surface area contributed by atoms with Gasteiger partial charge in [-0.2, -0.15) is 0 Å². The van der Waals surface area contributed by atoms with Gasteiger partial charge in [-0.15, -0.1) is 11.3 Å². The fourth-order valence-corrected chi connectivity index (χ4v) is 15.4. The third-order valence-corrected chi connectivity index (χ3v) is 20.0. The molecule has 0 fully saturated rings. The Morgan fingerprint density at radius 3 is 1.83 bits per heavy atom. The molecule has 4 heterocycles. The van der Waals surface area contributed by atoms with Crippen LogP contribution in [-0.2, 0) is 21.7 Å². The lowest BCUT2D eigenvalue weighted by molar-refractivity contribution is 0.332. The fourth-order valence-electron chi connectivity index (χ4n) is 14.1. The summed E-state index contributed by atoms with van der Waals surface area (Å²) < 4.78 is 9.79. The second-order valence-electron chi connectivity index (χ2n) is 27.2. The Bertz CT molecular complexity index is 4590. The summed E-state index contributed by atoms with van der Waals surface area (Å²) in [7, 11) is 0. The van der Waals surface area contributed by atoms with Crippen molar-refractivity contribution in [1.29, 1.82) is 0 Å². The number of hydrogen-bond donors (Lipinski definition) is 0. The second kappa shape index (κ2) is 19.0. The van der Waals surface area contributed by atoms with Crippen molar-refractivity contribution in [3.8, 4) is 22.3 Å². The highest BCUT2D eigenvalue weighted by molar-refractivity contribution is 7.33. The average Bonchev–Trinajstić information content (AvgIpc) is 1.26. The van der Waals surface area contributed by atoms with E-state index < -0.39 is 0 Å². The Kier molecular flexibility index (Phi) is 11.8. The molecule has 0 unspecified atom stereocenters. The molecule has 84 heavy (non-hydrogen) atoms. The minimum absolute atomic E-state index is 0.000370. The van der Waals surface area contributed by atoms with Crippen molar-refractivity contribution in [2.24, 2.45) is 0 Å². The number of benzene rings is 10. The van der Waals surface area contributed by atoms with E-state index in [4.69, 9.17) is 4.42 Å². The van der Waals surface area contributed by atoms with Gasteiger partial charge in [-0.3, -0.25) is 0 Å². The van der Waals surface area contributed by atoms with E-state index in [1.54, 1.807) is 0 Å². The van der Waals surface area contributed by atoms with Crippen molar-refractivity contribution in [2.75, 3.05) is 14.7 Å². The van der Waals surface area contributed by atoms with Crippen LogP contribution in [0.1, 0.15) is 104 Å². The van der Waals surface area contributed by atoms with Crippen LogP contribution in [0.3, 0.4) is 0 Å². The molecule has 1 aliphatic carbocycles. The normalized spacial score (nSPS) is 15.0. The molecular weight excluding hydrogens is 1040 g/mol. The zero-order valence-electron chi connectivity index (χ0n) is 49.9. The zero-order valence-corrected chi connectivity index (χ0v) is 50.8. The largest absolute Gasteiger partial charge is 0.454 e. The maximum absolute atomic E-state index is 7.15. The minimum Gasteiger partial charge on any atom is -0.454 e. The topological polar surface area (TPSA) is 22.9 Å².